The van der Waals surface area contributed by atoms with Crippen LogP contribution in [0.4, 0.5) is 0 Å². The normalized spacial score (nSPS) is 19.2. The molecule has 1 aliphatic heterocycles. The smallest absolute Gasteiger partial charge is 0.244 e. The van der Waals surface area contributed by atoms with Crippen LogP contribution in [0.1, 0.15) is 19.8 Å². The van der Waals surface area contributed by atoms with E-state index in [9.17, 15) is 13.5 Å². The summed E-state index contributed by atoms with van der Waals surface area (Å²) in [6.45, 7) is 3.20. The van der Waals surface area contributed by atoms with E-state index in [0.29, 0.717) is 13.2 Å². The highest BCUT2D eigenvalue weighted by Gasteiger charge is 2.26. The Morgan fingerprint density at radius 3 is 2.58 bits per heavy atom. The lowest BCUT2D eigenvalue weighted by molar-refractivity contribution is 0.0585. The van der Waals surface area contributed by atoms with Crippen molar-refractivity contribution >= 4 is 10.0 Å². The Labute approximate surface area is 113 Å². The number of phenols is 1. The monoisotopic (exact) mass is 285 g/mol. The summed E-state index contributed by atoms with van der Waals surface area (Å²) >= 11 is 0. The molecule has 0 amide bonds. The van der Waals surface area contributed by atoms with Crippen LogP contribution in [-0.2, 0) is 14.8 Å². The predicted octanol–water partition coefficient (Wildman–Crippen LogP) is 1.49. The molecule has 5 nitrogen and oxygen atoms in total. The van der Waals surface area contributed by atoms with Crippen LogP contribution in [0.25, 0.3) is 0 Å². The van der Waals surface area contributed by atoms with Gasteiger partial charge in [-0.25, -0.2) is 13.1 Å². The van der Waals surface area contributed by atoms with Crippen LogP contribution in [0.3, 0.4) is 0 Å². The van der Waals surface area contributed by atoms with Crippen LogP contribution in [0.2, 0.25) is 0 Å². The van der Waals surface area contributed by atoms with Gasteiger partial charge in [-0.1, -0.05) is 12.1 Å². The van der Waals surface area contributed by atoms with E-state index in [0.717, 1.165) is 12.8 Å². The summed E-state index contributed by atoms with van der Waals surface area (Å²) in [5.74, 6) is 0.0450. The lowest BCUT2D eigenvalue weighted by Gasteiger charge is -2.28. The molecule has 1 saturated heterocycles. The van der Waals surface area contributed by atoms with Crippen molar-refractivity contribution in [3.05, 3.63) is 24.3 Å². The summed E-state index contributed by atoms with van der Waals surface area (Å²) < 4.78 is 32.3. The molecule has 0 aromatic heterocycles. The quantitative estimate of drug-likeness (QED) is 0.878. The first-order chi connectivity index (χ1) is 9.00. The van der Waals surface area contributed by atoms with Crippen LogP contribution in [0.15, 0.2) is 29.2 Å². The molecule has 1 atom stereocenters. The Morgan fingerprint density at radius 2 is 1.95 bits per heavy atom. The molecule has 0 aliphatic carbocycles. The first-order valence-corrected chi connectivity index (χ1v) is 7.87. The number of benzene rings is 1. The van der Waals surface area contributed by atoms with Crippen molar-refractivity contribution in [2.45, 2.75) is 30.7 Å². The standard InChI is InChI=1S/C13H19NO4S/c1-10(11-6-8-18-9-7-11)14-19(16,17)13-5-3-2-4-12(13)15/h2-5,10-11,14-15H,6-9H2,1H3. The van der Waals surface area contributed by atoms with E-state index in [2.05, 4.69) is 4.72 Å². The van der Waals surface area contributed by atoms with Gasteiger partial charge in [0.15, 0.2) is 0 Å². The van der Waals surface area contributed by atoms with E-state index in [1.165, 1.54) is 12.1 Å². The van der Waals surface area contributed by atoms with Crippen molar-refractivity contribution in [3.63, 3.8) is 0 Å². The largest absolute Gasteiger partial charge is 0.507 e. The number of aromatic hydroxyl groups is 1. The maximum absolute atomic E-state index is 12.2. The molecule has 0 bridgehead atoms. The molecule has 0 radical (unpaired) electrons. The van der Waals surface area contributed by atoms with Gasteiger partial charge >= 0.3 is 0 Å². The third-order valence-corrected chi connectivity index (χ3v) is 5.08. The fourth-order valence-electron chi connectivity index (χ4n) is 2.30. The van der Waals surface area contributed by atoms with Crippen LogP contribution in [-0.4, -0.2) is 32.8 Å². The molecule has 0 spiro atoms. The van der Waals surface area contributed by atoms with Crippen LogP contribution >= 0.6 is 0 Å². The summed E-state index contributed by atoms with van der Waals surface area (Å²) in [5.41, 5.74) is 0. The minimum Gasteiger partial charge on any atom is -0.507 e. The van der Waals surface area contributed by atoms with Gasteiger partial charge in [-0.05, 0) is 37.8 Å². The second-order valence-electron chi connectivity index (χ2n) is 4.83. The maximum atomic E-state index is 12.2. The fourth-order valence-corrected chi connectivity index (χ4v) is 3.71. The lowest BCUT2D eigenvalue weighted by atomic mass is 9.94. The zero-order valence-corrected chi connectivity index (χ0v) is 11.7. The van der Waals surface area contributed by atoms with Gasteiger partial charge in [0.05, 0.1) is 0 Å². The summed E-state index contributed by atoms with van der Waals surface area (Å²) in [6.07, 6.45) is 1.70. The van der Waals surface area contributed by atoms with E-state index in [-0.39, 0.29) is 22.6 Å². The van der Waals surface area contributed by atoms with Gasteiger partial charge in [-0.3, -0.25) is 0 Å². The topological polar surface area (TPSA) is 75.6 Å². The molecule has 1 heterocycles. The predicted molar refractivity (Wildman–Crippen MR) is 71.4 cm³/mol. The highest BCUT2D eigenvalue weighted by molar-refractivity contribution is 7.89. The number of sulfonamides is 1. The maximum Gasteiger partial charge on any atom is 0.244 e. The number of hydrogen-bond donors (Lipinski definition) is 2. The molecule has 2 rings (SSSR count). The van der Waals surface area contributed by atoms with E-state index >= 15 is 0 Å². The molecule has 6 heteroatoms. The van der Waals surface area contributed by atoms with Gasteiger partial charge < -0.3 is 9.84 Å². The van der Waals surface area contributed by atoms with Crippen LogP contribution in [0, 0.1) is 5.92 Å². The number of rotatable bonds is 4. The van der Waals surface area contributed by atoms with Crippen molar-refractivity contribution in [1.82, 2.24) is 4.72 Å². The minimum atomic E-state index is -3.68. The van der Waals surface area contributed by atoms with Gasteiger partial charge in [0.2, 0.25) is 10.0 Å². The summed E-state index contributed by atoms with van der Waals surface area (Å²) in [5, 5.41) is 9.63. The average molecular weight is 285 g/mol. The fraction of sp³-hybridized carbons (Fsp3) is 0.538. The van der Waals surface area contributed by atoms with Crippen LogP contribution in [0.5, 0.6) is 5.75 Å². The van der Waals surface area contributed by atoms with Crippen molar-refractivity contribution in [2.75, 3.05) is 13.2 Å². The second-order valence-corrected chi connectivity index (χ2v) is 6.51. The van der Waals surface area contributed by atoms with Gasteiger partial charge in [-0.2, -0.15) is 0 Å². The molecule has 1 unspecified atom stereocenters. The molecular formula is C13H19NO4S. The molecule has 106 valence electrons. The number of phenolic OH excluding ortho intramolecular Hbond substituents is 1. The van der Waals surface area contributed by atoms with Gasteiger partial charge in [0.25, 0.3) is 0 Å². The summed E-state index contributed by atoms with van der Waals surface area (Å²) in [7, 11) is -3.68. The Balaban J connectivity index is 2.11. The molecular weight excluding hydrogens is 266 g/mol. The number of ether oxygens (including phenoxy) is 1. The van der Waals surface area contributed by atoms with Crippen LogP contribution < -0.4 is 4.72 Å². The van der Waals surface area contributed by atoms with Gasteiger partial charge in [-0.15, -0.1) is 0 Å². The zero-order valence-electron chi connectivity index (χ0n) is 10.9. The first-order valence-electron chi connectivity index (χ1n) is 6.39. The molecule has 0 saturated carbocycles. The van der Waals surface area contributed by atoms with Gasteiger partial charge in [0.1, 0.15) is 10.6 Å². The average Bonchev–Trinajstić information content (AvgIpc) is 2.39. The SMILES string of the molecule is CC(NS(=O)(=O)c1ccccc1O)C1CCOCC1. The Hall–Kier alpha value is -1.11. The van der Waals surface area contributed by atoms with Gasteiger partial charge in [0, 0.05) is 19.3 Å². The molecule has 1 aromatic rings. The van der Waals surface area contributed by atoms with Crippen molar-refractivity contribution in [2.24, 2.45) is 5.92 Å². The van der Waals surface area contributed by atoms with E-state index in [1.54, 1.807) is 12.1 Å². The highest BCUT2D eigenvalue weighted by Crippen LogP contribution is 2.24. The van der Waals surface area contributed by atoms with Crippen molar-refractivity contribution in [1.29, 1.82) is 0 Å². The Morgan fingerprint density at radius 1 is 1.32 bits per heavy atom. The minimum absolute atomic E-state index is 0.0751. The summed E-state index contributed by atoms with van der Waals surface area (Å²) in [6, 6.07) is 5.78. The zero-order chi connectivity index (χ0) is 13.9. The number of hydrogen-bond acceptors (Lipinski definition) is 4. The van der Waals surface area contributed by atoms with Crippen molar-refractivity contribution in [3.8, 4) is 5.75 Å². The number of nitrogens with one attached hydrogen (secondary N) is 1. The van der Waals surface area contributed by atoms with Crippen molar-refractivity contribution < 1.29 is 18.3 Å². The Bertz CT molecular complexity index is 523. The third-order valence-electron chi connectivity index (χ3n) is 3.47. The Kier molecular flexibility index (Phi) is 4.44. The molecule has 19 heavy (non-hydrogen) atoms. The highest BCUT2D eigenvalue weighted by atomic mass is 32.2. The molecule has 1 aliphatic rings. The third kappa shape index (κ3) is 3.46. The first kappa shape index (κ1) is 14.3. The van der Waals surface area contributed by atoms with E-state index in [1.807, 2.05) is 6.92 Å². The van der Waals surface area contributed by atoms with E-state index in [4.69, 9.17) is 4.74 Å². The lowest BCUT2D eigenvalue weighted by Crippen LogP contribution is -2.40. The molecule has 1 aromatic carbocycles. The number of para-hydroxylation sites is 1. The summed E-state index contributed by atoms with van der Waals surface area (Å²) in [4.78, 5) is -0.0751. The van der Waals surface area contributed by atoms with E-state index < -0.39 is 10.0 Å². The second kappa shape index (κ2) is 5.90. The molecule has 1 fully saturated rings. The molecule has 2 N–H and O–H groups in total.